The molecule has 1 aliphatic carbocycles. The van der Waals surface area contributed by atoms with Gasteiger partial charge in [0.1, 0.15) is 30.1 Å². The molecule has 28 heavy (non-hydrogen) atoms. The van der Waals surface area contributed by atoms with E-state index in [2.05, 4.69) is 0 Å². The van der Waals surface area contributed by atoms with Crippen molar-refractivity contribution in [2.45, 2.75) is 20.0 Å². The first kappa shape index (κ1) is 19.1. The van der Waals surface area contributed by atoms with E-state index >= 15 is 0 Å². The number of nitriles is 1. The fourth-order valence-corrected chi connectivity index (χ4v) is 3.00. The summed E-state index contributed by atoms with van der Waals surface area (Å²) >= 11 is 0. The van der Waals surface area contributed by atoms with Gasteiger partial charge in [0.2, 0.25) is 0 Å². The molecule has 1 aliphatic heterocycles. The zero-order chi connectivity index (χ0) is 20.3. The van der Waals surface area contributed by atoms with Gasteiger partial charge in [0.05, 0.1) is 5.56 Å². The molecule has 1 aromatic rings. The first-order valence-corrected chi connectivity index (χ1v) is 8.58. The highest BCUT2D eigenvalue weighted by Crippen LogP contribution is 2.32. The van der Waals surface area contributed by atoms with Gasteiger partial charge in [-0.1, -0.05) is 25.1 Å². The van der Waals surface area contributed by atoms with Gasteiger partial charge < -0.3 is 14.2 Å². The maximum Gasteiger partial charge on any atom is 0.351 e. The molecule has 3 rings (SSSR count). The van der Waals surface area contributed by atoms with Crippen LogP contribution in [0.1, 0.15) is 19.4 Å². The lowest BCUT2D eigenvalue weighted by molar-refractivity contribution is -0.148. The fraction of sp³-hybridized carbons (Fsp3) is 0.238. The summed E-state index contributed by atoms with van der Waals surface area (Å²) in [5.74, 6) is -2.18. The fourth-order valence-electron chi connectivity index (χ4n) is 3.00. The van der Waals surface area contributed by atoms with E-state index in [0.717, 1.165) is 5.57 Å². The Balaban J connectivity index is 1.86. The van der Waals surface area contributed by atoms with E-state index in [1.165, 1.54) is 25.1 Å². The van der Waals surface area contributed by atoms with E-state index in [9.17, 15) is 14.4 Å². The first-order chi connectivity index (χ1) is 13.4. The normalized spacial score (nSPS) is 20.5. The van der Waals surface area contributed by atoms with Crippen LogP contribution in [0.2, 0.25) is 0 Å². The molecule has 0 spiro atoms. The Kier molecular flexibility index (Phi) is 5.41. The summed E-state index contributed by atoms with van der Waals surface area (Å²) in [6, 6.07) is 8.15. The van der Waals surface area contributed by atoms with Gasteiger partial charge in [-0.15, -0.1) is 0 Å². The van der Waals surface area contributed by atoms with Crippen molar-refractivity contribution in [3.05, 3.63) is 64.8 Å². The van der Waals surface area contributed by atoms with Gasteiger partial charge in [0, 0.05) is 12.8 Å². The van der Waals surface area contributed by atoms with Crippen LogP contribution in [0, 0.1) is 17.2 Å². The third-order valence-electron chi connectivity index (χ3n) is 4.27. The quantitative estimate of drug-likeness (QED) is 0.449. The number of hydrogen-bond acceptors (Lipinski definition) is 7. The number of para-hydroxylation sites is 1. The standard InChI is InChI=1S/C21H17NO6/c1-12-7-14(11-26-13(2)23)8-16-9-17(21(25)28-19(12)16)20(24)27-18-6-4-3-5-15(18)10-22/h3-9,12,19H,11H2,1-2H3. The van der Waals surface area contributed by atoms with Gasteiger partial charge in [-0.2, -0.15) is 5.26 Å². The SMILES string of the molecule is CC(=O)OCC1=CC(C)C2OC(=O)C(C(=O)Oc3ccccc3C#N)=CC2=C1. The Morgan fingerprint density at radius 2 is 2.00 bits per heavy atom. The van der Waals surface area contributed by atoms with E-state index in [1.807, 2.05) is 19.1 Å². The summed E-state index contributed by atoms with van der Waals surface area (Å²) in [5, 5.41) is 9.10. The number of ether oxygens (including phenoxy) is 3. The number of fused-ring (bicyclic) bond motifs is 1. The molecule has 0 aromatic heterocycles. The Morgan fingerprint density at radius 3 is 2.71 bits per heavy atom. The number of benzene rings is 1. The Hall–Kier alpha value is -3.66. The molecule has 2 atom stereocenters. The van der Waals surface area contributed by atoms with E-state index in [0.29, 0.717) is 5.57 Å². The summed E-state index contributed by atoms with van der Waals surface area (Å²) in [7, 11) is 0. The molecular formula is C21H17NO6. The van der Waals surface area contributed by atoms with Crippen LogP contribution in [0.15, 0.2) is 59.2 Å². The number of carbonyl (C=O) groups is 3. The molecule has 7 heteroatoms. The Bertz CT molecular complexity index is 979. The van der Waals surface area contributed by atoms with Crippen LogP contribution in [0.5, 0.6) is 5.75 Å². The molecule has 0 bridgehead atoms. The summed E-state index contributed by atoms with van der Waals surface area (Å²) in [5.41, 5.74) is 1.26. The molecule has 7 nitrogen and oxygen atoms in total. The van der Waals surface area contributed by atoms with Crippen LogP contribution in [0.3, 0.4) is 0 Å². The average Bonchev–Trinajstić information content (AvgIpc) is 2.67. The second kappa shape index (κ2) is 7.92. The van der Waals surface area contributed by atoms with Crippen LogP contribution >= 0.6 is 0 Å². The smallest absolute Gasteiger partial charge is 0.351 e. The molecule has 0 amide bonds. The molecule has 2 aliphatic rings. The molecule has 142 valence electrons. The number of carbonyl (C=O) groups excluding carboxylic acids is 3. The van der Waals surface area contributed by atoms with Gasteiger partial charge in [-0.25, -0.2) is 9.59 Å². The van der Waals surface area contributed by atoms with Crippen molar-refractivity contribution in [3.63, 3.8) is 0 Å². The second-order valence-electron chi connectivity index (χ2n) is 6.41. The topological polar surface area (TPSA) is 103 Å². The summed E-state index contributed by atoms with van der Waals surface area (Å²) in [6.45, 7) is 3.27. The zero-order valence-electron chi connectivity index (χ0n) is 15.3. The largest absolute Gasteiger partial charge is 0.461 e. The molecule has 0 fully saturated rings. The molecule has 2 unspecified atom stereocenters. The lowest BCUT2D eigenvalue weighted by Crippen LogP contribution is -2.35. The summed E-state index contributed by atoms with van der Waals surface area (Å²) < 4.78 is 15.6. The van der Waals surface area contributed by atoms with Crippen molar-refractivity contribution in [1.29, 1.82) is 5.26 Å². The van der Waals surface area contributed by atoms with Crippen molar-refractivity contribution in [3.8, 4) is 11.8 Å². The zero-order valence-corrected chi connectivity index (χ0v) is 15.3. The predicted octanol–water partition coefficient (Wildman–Crippen LogP) is 2.38. The number of esters is 3. The van der Waals surface area contributed by atoms with Crippen LogP contribution in [-0.2, 0) is 23.9 Å². The average molecular weight is 379 g/mol. The maximum absolute atomic E-state index is 12.5. The van der Waals surface area contributed by atoms with Crippen molar-refractivity contribution in [2.24, 2.45) is 5.92 Å². The summed E-state index contributed by atoms with van der Waals surface area (Å²) in [6.07, 6.45) is 4.46. The second-order valence-corrected chi connectivity index (χ2v) is 6.41. The lowest BCUT2D eigenvalue weighted by Gasteiger charge is -2.31. The third-order valence-corrected chi connectivity index (χ3v) is 4.27. The highest BCUT2D eigenvalue weighted by Gasteiger charge is 2.36. The van der Waals surface area contributed by atoms with Gasteiger partial charge in [-0.3, -0.25) is 4.79 Å². The Labute approximate surface area is 161 Å². The highest BCUT2D eigenvalue weighted by molar-refractivity contribution is 6.15. The third kappa shape index (κ3) is 4.01. The van der Waals surface area contributed by atoms with Gasteiger partial charge in [0.25, 0.3) is 0 Å². The molecule has 0 saturated carbocycles. The molecule has 0 saturated heterocycles. The van der Waals surface area contributed by atoms with E-state index < -0.39 is 24.0 Å². The first-order valence-electron chi connectivity index (χ1n) is 8.58. The van der Waals surface area contributed by atoms with Crippen molar-refractivity contribution in [2.75, 3.05) is 6.61 Å². The van der Waals surface area contributed by atoms with Crippen LogP contribution in [-0.4, -0.2) is 30.6 Å². The predicted molar refractivity (Wildman–Crippen MR) is 96.7 cm³/mol. The van der Waals surface area contributed by atoms with Crippen molar-refractivity contribution >= 4 is 17.9 Å². The van der Waals surface area contributed by atoms with E-state index in [4.69, 9.17) is 19.5 Å². The molecular weight excluding hydrogens is 362 g/mol. The minimum absolute atomic E-state index is 0.0623. The van der Waals surface area contributed by atoms with Crippen molar-refractivity contribution < 1.29 is 28.6 Å². The lowest BCUT2D eigenvalue weighted by atomic mass is 9.86. The maximum atomic E-state index is 12.5. The molecule has 0 N–H and O–H groups in total. The molecule has 0 radical (unpaired) electrons. The van der Waals surface area contributed by atoms with Gasteiger partial charge >= 0.3 is 17.9 Å². The van der Waals surface area contributed by atoms with E-state index in [-0.39, 0.29) is 29.4 Å². The summed E-state index contributed by atoms with van der Waals surface area (Å²) in [4.78, 5) is 35.8. The molecule has 1 heterocycles. The molecule has 1 aromatic carbocycles. The number of rotatable bonds is 4. The van der Waals surface area contributed by atoms with Crippen molar-refractivity contribution in [1.82, 2.24) is 0 Å². The van der Waals surface area contributed by atoms with Crippen LogP contribution in [0.4, 0.5) is 0 Å². The highest BCUT2D eigenvalue weighted by atomic mass is 16.6. The van der Waals surface area contributed by atoms with Gasteiger partial charge in [-0.05, 0) is 35.4 Å². The number of hydrogen-bond donors (Lipinski definition) is 0. The van der Waals surface area contributed by atoms with Gasteiger partial charge in [0.15, 0.2) is 0 Å². The number of nitrogens with zero attached hydrogens (tertiary/aromatic N) is 1. The van der Waals surface area contributed by atoms with Crippen LogP contribution < -0.4 is 4.74 Å². The minimum Gasteiger partial charge on any atom is -0.461 e. The minimum atomic E-state index is -0.907. The van der Waals surface area contributed by atoms with Crippen LogP contribution in [0.25, 0.3) is 0 Å². The van der Waals surface area contributed by atoms with E-state index in [1.54, 1.807) is 18.2 Å². The Morgan fingerprint density at radius 1 is 1.25 bits per heavy atom. The monoisotopic (exact) mass is 379 g/mol.